The first-order valence-corrected chi connectivity index (χ1v) is 7.76. The van der Waals surface area contributed by atoms with Crippen LogP contribution < -0.4 is 14.8 Å². The van der Waals surface area contributed by atoms with E-state index in [1.54, 1.807) is 24.5 Å². The molecule has 21 heavy (non-hydrogen) atoms. The van der Waals surface area contributed by atoms with Gasteiger partial charge in [-0.15, -0.1) is 0 Å². The van der Waals surface area contributed by atoms with Crippen LogP contribution in [-0.2, 0) is 0 Å². The molecule has 0 bridgehead atoms. The van der Waals surface area contributed by atoms with Crippen molar-refractivity contribution in [3.05, 3.63) is 53.1 Å². The number of amides is 2. The van der Waals surface area contributed by atoms with Gasteiger partial charge in [0.05, 0.1) is 17.1 Å². The van der Waals surface area contributed by atoms with Crippen LogP contribution in [0.15, 0.2) is 42.5 Å². The number of carbonyl (C=O) groups is 1. The molecule has 0 saturated heterocycles. The van der Waals surface area contributed by atoms with E-state index in [1.165, 1.54) is 12.0 Å². The molecule has 0 heterocycles. The van der Waals surface area contributed by atoms with E-state index >= 15 is 0 Å². The molecular formula is C15H15ClN2O2S. The number of anilines is 2. The van der Waals surface area contributed by atoms with Crippen LogP contribution in [0.2, 0.25) is 5.02 Å². The molecule has 110 valence electrons. The Morgan fingerprint density at radius 3 is 2.38 bits per heavy atom. The van der Waals surface area contributed by atoms with Crippen molar-refractivity contribution in [1.82, 2.24) is 0 Å². The highest BCUT2D eigenvalue weighted by Crippen LogP contribution is 2.29. The van der Waals surface area contributed by atoms with Crippen molar-refractivity contribution >= 4 is 41.0 Å². The molecule has 0 radical (unpaired) electrons. The molecule has 0 aliphatic heterocycles. The summed E-state index contributed by atoms with van der Waals surface area (Å²) in [5, 5.41) is 5.98. The number of nitrogens with one attached hydrogen (secondary N) is 2. The van der Waals surface area contributed by atoms with Crippen molar-refractivity contribution in [2.75, 3.05) is 16.9 Å². The maximum Gasteiger partial charge on any atom is 0.323 e. The summed E-state index contributed by atoms with van der Waals surface area (Å²) in [7, 11) is 0. The Morgan fingerprint density at radius 1 is 1.10 bits per heavy atom. The molecule has 0 fully saturated rings. The monoisotopic (exact) mass is 322 g/mol. The average molecular weight is 323 g/mol. The first-order chi connectivity index (χ1) is 10.1. The lowest BCUT2D eigenvalue weighted by Crippen LogP contribution is -2.19. The minimum absolute atomic E-state index is 0.323. The summed E-state index contributed by atoms with van der Waals surface area (Å²) < 4.78 is 5.30. The van der Waals surface area contributed by atoms with Gasteiger partial charge in [-0.1, -0.05) is 29.3 Å². The molecule has 2 rings (SSSR count). The van der Waals surface area contributed by atoms with Crippen molar-refractivity contribution in [2.45, 2.75) is 6.92 Å². The van der Waals surface area contributed by atoms with Crippen LogP contribution in [0, 0.1) is 6.92 Å². The second kappa shape index (κ2) is 7.24. The minimum atomic E-state index is -0.323. The maximum atomic E-state index is 11.9. The van der Waals surface area contributed by atoms with E-state index in [4.69, 9.17) is 15.8 Å². The largest absolute Gasteiger partial charge is 0.424 e. The summed E-state index contributed by atoms with van der Waals surface area (Å²) in [5.74, 6) is 0.511. The number of carbonyl (C=O) groups excluding carboxylic acids is 1. The molecule has 6 heteroatoms. The van der Waals surface area contributed by atoms with Gasteiger partial charge in [-0.3, -0.25) is 0 Å². The average Bonchev–Trinajstić information content (AvgIpc) is 2.45. The van der Waals surface area contributed by atoms with Gasteiger partial charge in [-0.05, 0) is 31.2 Å². The molecule has 0 spiro atoms. The molecule has 2 aromatic carbocycles. The Labute approximate surface area is 133 Å². The van der Waals surface area contributed by atoms with Crippen LogP contribution >= 0.6 is 23.6 Å². The molecule has 0 saturated carbocycles. The Morgan fingerprint density at radius 2 is 1.71 bits per heavy atom. The third kappa shape index (κ3) is 4.58. The second-order valence-electron chi connectivity index (χ2n) is 4.34. The van der Waals surface area contributed by atoms with Gasteiger partial charge in [0.2, 0.25) is 0 Å². The van der Waals surface area contributed by atoms with E-state index in [9.17, 15) is 4.79 Å². The third-order valence-electron chi connectivity index (χ3n) is 2.67. The highest BCUT2D eigenvalue weighted by molar-refractivity contribution is 7.94. The van der Waals surface area contributed by atoms with E-state index < -0.39 is 0 Å². The first-order valence-electron chi connectivity index (χ1n) is 6.23. The highest BCUT2D eigenvalue weighted by Gasteiger charge is 2.07. The van der Waals surface area contributed by atoms with Crippen LogP contribution in [0.25, 0.3) is 0 Å². The SMILES string of the molecule is CSOc1cc(NC(=O)Nc2ccc(C)cc2)ccc1Cl. The Bertz CT molecular complexity index is 632. The normalized spacial score (nSPS) is 10.0. The topological polar surface area (TPSA) is 50.4 Å². The molecule has 0 aliphatic rings. The summed E-state index contributed by atoms with van der Waals surface area (Å²) in [6, 6.07) is 12.3. The quantitative estimate of drug-likeness (QED) is 0.783. The van der Waals surface area contributed by atoms with Gasteiger partial charge in [0.15, 0.2) is 5.75 Å². The van der Waals surface area contributed by atoms with Gasteiger partial charge < -0.3 is 14.8 Å². The fraction of sp³-hybridized carbons (Fsp3) is 0.133. The number of urea groups is 1. The zero-order chi connectivity index (χ0) is 15.2. The lowest BCUT2D eigenvalue weighted by Gasteiger charge is -2.10. The molecule has 0 aromatic heterocycles. The summed E-state index contributed by atoms with van der Waals surface area (Å²) in [6.07, 6.45) is 1.79. The van der Waals surface area contributed by atoms with Crippen molar-refractivity contribution in [3.8, 4) is 5.75 Å². The van der Waals surface area contributed by atoms with Crippen molar-refractivity contribution in [3.63, 3.8) is 0 Å². The lowest BCUT2D eigenvalue weighted by molar-refractivity contribution is 0.262. The summed E-state index contributed by atoms with van der Waals surface area (Å²) >= 11 is 7.18. The van der Waals surface area contributed by atoms with Gasteiger partial charge in [-0.25, -0.2) is 4.79 Å². The molecule has 2 N–H and O–H groups in total. The number of benzene rings is 2. The molecular weight excluding hydrogens is 308 g/mol. The van der Waals surface area contributed by atoms with Gasteiger partial charge >= 0.3 is 6.03 Å². The molecule has 0 atom stereocenters. The predicted molar refractivity (Wildman–Crippen MR) is 89.4 cm³/mol. The third-order valence-corrected chi connectivity index (χ3v) is 3.33. The fourth-order valence-electron chi connectivity index (χ4n) is 1.67. The van der Waals surface area contributed by atoms with Crippen molar-refractivity contribution < 1.29 is 8.98 Å². The maximum absolute atomic E-state index is 11.9. The van der Waals surface area contributed by atoms with Crippen LogP contribution in [0.4, 0.5) is 16.2 Å². The zero-order valence-corrected chi connectivity index (χ0v) is 13.2. The number of aryl methyl sites for hydroxylation is 1. The second-order valence-corrected chi connectivity index (χ2v) is 5.25. The highest BCUT2D eigenvalue weighted by atomic mass is 35.5. The van der Waals surface area contributed by atoms with E-state index in [-0.39, 0.29) is 6.03 Å². The Hall–Kier alpha value is -1.85. The summed E-state index contributed by atoms with van der Waals surface area (Å²) in [5.41, 5.74) is 2.47. The van der Waals surface area contributed by atoms with E-state index in [2.05, 4.69) is 10.6 Å². The van der Waals surface area contributed by atoms with Crippen molar-refractivity contribution in [1.29, 1.82) is 0 Å². The molecule has 0 unspecified atom stereocenters. The summed E-state index contributed by atoms with van der Waals surface area (Å²) in [6.45, 7) is 1.99. The predicted octanol–water partition coefficient (Wildman–Crippen LogP) is 4.95. The van der Waals surface area contributed by atoms with Crippen LogP contribution in [0.3, 0.4) is 0 Å². The van der Waals surface area contributed by atoms with Gasteiger partial charge in [0.1, 0.15) is 0 Å². The Balaban J connectivity index is 2.02. The first kappa shape index (κ1) is 15.5. The van der Waals surface area contributed by atoms with E-state index in [0.29, 0.717) is 16.5 Å². The lowest BCUT2D eigenvalue weighted by atomic mass is 10.2. The van der Waals surface area contributed by atoms with Crippen LogP contribution in [0.5, 0.6) is 5.75 Å². The fourth-order valence-corrected chi connectivity index (χ4v) is 2.18. The number of hydrogen-bond acceptors (Lipinski definition) is 3. The molecule has 4 nitrogen and oxygen atoms in total. The van der Waals surface area contributed by atoms with Crippen molar-refractivity contribution in [2.24, 2.45) is 0 Å². The van der Waals surface area contributed by atoms with Gasteiger partial charge in [-0.2, -0.15) is 0 Å². The van der Waals surface area contributed by atoms with E-state index in [1.807, 2.05) is 31.2 Å². The van der Waals surface area contributed by atoms with E-state index in [0.717, 1.165) is 11.3 Å². The molecule has 2 aromatic rings. The van der Waals surface area contributed by atoms with Crippen LogP contribution in [-0.4, -0.2) is 12.3 Å². The Kier molecular flexibility index (Phi) is 5.36. The molecule has 2 amide bonds. The number of rotatable bonds is 4. The number of halogens is 1. The van der Waals surface area contributed by atoms with Gasteiger partial charge in [0, 0.05) is 23.7 Å². The molecule has 0 aliphatic carbocycles. The minimum Gasteiger partial charge on any atom is -0.424 e. The summed E-state index contributed by atoms with van der Waals surface area (Å²) in [4.78, 5) is 11.9. The standard InChI is InChI=1S/C15H15ClN2O2S/c1-10-3-5-11(6-4-10)17-15(19)18-12-7-8-13(16)14(9-12)20-21-2/h3-9H,1-2H3,(H2,17,18,19). The zero-order valence-electron chi connectivity index (χ0n) is 11.6. The van der Waals surface area contributed by atoms with Crippen LogP contribution in [0.1, 0.15) is 5.56 Å². The van der Waals surface area contributed by atoms with Gasteiger partial charge in [0.25, 0.3) is 0 Å². The smallest absolute Gasteiger partial charge is 0.323 e. The number of hydrogen-bond donors (Lipinski definition) is 2.